The minimum Gasteiger partial charge on any atom is -0.395 e. The molecule has 0 aliphatic carbocycles. The fourth-order valence-electron chi connectivity index (χ4n) is 2.45. The fourth-order valence-corrected chi connectivity index (χ4v) is 2.45. The lowest BCUT2D eigenvalue weighted by molar-refractivity contribution is 0.589. The Morgan fingerprint density at radius 1 is 0.950 bits per heavy atom. The molecular weight excluding hydrogens is 246 g/mol. The average molecular weight is 269 g/mol. The monoisotopic (exact) mass is 269 g/mol. The van der Waals surface area contributed by atoms with Gasteiger partial charge in [-0.1, -0.05) is 32.9 Å². The van der Waals surface area contributed by atoms with Crippen LogP contribution in [-0.4, -0.2) is 9.97 Å². The maximum atomic E-state index is 6.15. The van der Waals surface area contributed by atoms with Crippen LogP contribution >= 0.6 is 0 Å². The fraction of sp³-hybridized carbons (Fsp3) is 0.412. The van der Waals surface area contributed by atoms with Crippen molar-refractivity contribution >= 4 is 5.69 Å². The van der Waals surface area contributed by atoms with Gasteiger partial charge in [-0.3, -0.25) is 0 Å². The molecule has 0 unspecified atom stereocenters. The summed E-state index contributed by atoms with van der Waals surface area (Å²) in [6.07, 6.45) is 1.58. The molecule has 20 heavy (non-hydrogen) atoms. The summed E-state index contributed by atoms with van der Waals surface area (Å²) in [5.74, 6) is 0. The largest absolute Gasteiger partial charge is 0.395 e. The second kappa shape index (κ2) is 4.89. The molecule has 3 nitrogen and oxygen atoms in total. The Morgan fingerprint density at radius 2 is 1.50 bits per heavy atom. The molecule has 0 amide bonds. The zero-order chi connectivity index (χ0) is 15.1. The molecule has 106 valence electrons. The van der Waals surface area contributed by atoms with Crippen LogP contribution in [0, 0.1) is 20.8 Å². The Morgan fingerprint density at radius 3 is 2.00 bits per heavy atom. The molecular formula is C17H23N3. The van der Waals surface area contributed by atoms with Gasteiger partial charge in [0.25, 0.3) is 0 Å². The lowest BCUT2D eigenvalue weighted by atomic mass is 9.83. The van der Waals surface area contributed by atoms with Gasteiger partial charge in [0.2, 0.25) is 0 Å². The maximum absolute atomic E-state index is 6.15. The number of aryl methyl sites for hydroxylation is 3. The predicted molar refractivity (Wildman–Crippen MR) is 84.8 cm³/mol. The van der Waals surface area contributed by atoms with E-state index < -0.39 is 0 Å². The van der Waals surface area contributed by atoms with Gasteiger partial charge in [-0.15, -0.1) is 0 Å². The molecule has 2 aromatic rings. The number of benzene rings is 1. The van der Waals surface area contributed by atoms with E-state index in [9.17, 15) is 0 Å². The van der Waals surface area contributed by atoms with Gasteiger partial charge >= 0.3 is 0 Å². The molecule has 2 N–H and O–H groups in total. The van der Waals surface area contributed by atoms with Gasteiger partial charge in [-0.25, -0.2) is 9.97 Å². The van der Waals surface area contributed by atoms with Gasteiger partial charge in [0.05, 0.1) is 17.1 Å². The maximum Gasteiger partial charge on any atom is 0.116 e. The molecule has 0 radical (unpaired) electrons. The van der Waals surface area contributed by atoms with E-state index in [1.807, 2.05) is 6.92 Å². The van der Waals surface area contributed by atoms with Gasteiger partial charge in [0.15, 0.2) is 0 Å². The lowest BCUT2D eigenvalue weighted by Gasteiger charge is -2.22. The molecule has 0 fully saturated rings. The highest BCUT2D eigenvalue weighted by Gasteiger charge is 2.18. The van der Waals surface area contributed by atoms with Crippen LogP contribution in [-0.2, 0) is 5.41 Å². The summed E-state index contributed by atoms with van der Waals surface area (Å²) in [5, 5.41) is 0. The smallest absolute Gasteiger partial charge is 0.116 e. The standard InChI is InChI=1S/C17H23N3/c1-10-7-13(17(4,5)6)8-11(2)14(10)16-15(18)12(3)19-9-20-16/h7-9H,18H2,1-6H3. The Kier molecular flexibility index (Phi) is 3.55. The van der Waals surface area contributed by atoms with Crippen molar-refractivity contribution in [3.05, 3.63) is 40.8 Å². The topological polar surface area (TPSA) is 51.8 Å². The van der Waals surface area contributed by atoms with E-state index in [-0.39, 0.29) is 5.41 Å². The zero-order valence-electron chi connectivity index (χ0n) is 13.2. The molecule has 0 spiro atoms. The van der Waals surface area contributed by atoms with E-state index in [0.29, 0.717) is 5.69 Å². The summed E-state index contributed by atoms with van der Waals surface area (Å²) >= 11 is 0. The molecule has 0 saturated heterocycles. The molecule has 1 aromatic heterocycles. The molecule has 1 aromatic carbocycles. The number of aromatic nitrogens is 2. The van der Waals surface area contributed by atoms with E-state index in [1.54, 1.807) is 6.33 Å². The van der Waals surface area contributed by atoms with Crippen molar-refractivity contribution in [3.63, 3.8) is 0 Å². The van der Waals surface area contributed by atoms with E-state index >= 15 is 0 Å². The van der Waals surface area contributed by atoms with Crippen molar-refractivity contribution in [2.24, 2.45) is 0 Å². The summed E-state index contributed by atoms with van der Waals surface area (Å²) in [6, 6.07) is 4.47. The molecule has 3 heteroatoms. The minimum atomic E-state index is 0.140. The number of hydrogen-bond acceptors (Lipinski definition) is 3. The number of nitrogens with two attached hydrogens (primary N) is 1. The highest BCUT2D eigenvalue weighted by Crippen LogP contribution is 2.34. The normalized spacial score (nSPS) is 11.7. The molecule has 0 saturated carbocycles. The first kappa shape index (κ1) is 14.5. The third-order valence-electron chi connectivity index (χ3n) is 3.72. The minimum absolute atomic E-state index is 0.140. The molecule has 1 heterocycles. The Labute approximate surface area is 121 Å². The molecule has 0 bridgehead atoms. The highest BCUT2D eigenvalue weighted by molar-refractivity contribution is 5.78. The molecule has 0 aliphatic heterocycles. The summed E-state index contributed by atoms with van der Waals surface area (Å²) in [5.41, 5.74) is 13.5. The van der Waals surface area contributed by atoms with Crippen LogP contribution in [0.5, 0.6) is 0 Å². The van der Waals surface area contributed by atoms with Crippen LogP contribution in [0.25, 0.3) is 11.3 Å². The van der Waals surface area contributed by atoms with Crippen molar-refractivity contribution in [2.45, 2.75) is 47.0 Å². The quantitative estimate of drug-likeness (QED) is 0.852. The summed E-state index contributed by atoms with van der Waals surface area (Å²) in [6.45, 7) is 12.8. The van der Waals surface area contributed by atoms with Crippen LogP contribution in [0.3, 0.4) is 0 Å². The average Bonchev–Trinajstić information content (AvgIpc) is 2.32. The van der Waals surface area contributed by atoms with Crippen molar-refractivity contribution in [1.29, 1.82) is 0 Å². The zero-order valence-corrected chi connectivity index (χ0v) is 13.2. The Balaban J connectivity index is 2.68. The molecule has 0 atom stereocenters. The molecule has 2 rings (SSSR count). The van der Waals surface area contributed by atoms with Gasteiger partial charge in [-0.2, -0.15) is 0 Å². The van der Waals surface area contributed by atoms with Gasteiger partial charge in [0, 0.05) is 5.56 Å². The molecule has 0 aliphatic rings. The van der Waals surface area contributed by atoms with Gasteiger partial charge in [0.1, 0.15) is 6.33 Å². The van der Waals surface area contributed by atoms with E-state index in [4.69, 9.17) is 5.73 Å². The first-order chi connectivity index (χ1) is 9.21. The van der Waals surface area contributed by atoms with Crippen LogP contribution in [0.4, 0.5) is 5.69 Å². The summed E-state index contributed by atoms with van der Waals surface area (Å²) in [4.78, 5) is 8.53. The Bertz CT molecular complexity index is 629. The third kappa shape index (κ3) is 2.53. The van der Waals surface area contributed by atoms with Crippen molar-refractivity contribution < 1.29 is 0 Å². The van der Waals surface area contributed by atoms with Crippen molar-refractivity contribution in [2.75, 3.05) is 5.73 Å². The third-order valence-corrected chi connectivity index (χ3v) is 3.72. The lowest BCUT2D eigenvalue weighted by Crippen LogP contribution is -2.12. The highest BCUT2D eigenvalue weighted by atomic mass is 14.9. The first-order valence-electron chi connectivity index (χ1n) is 6.91. The van der Waals surface area contributed by atoms with E-state index in [2.05, 4.69) is 56.7 Å². The van der Waals surface area contributed by atoms with Gasteiger partial charge < -0.3 is 5.73 Å². The van der Waals surface area contributed by atoms with E-state index in [1.165, 1.54) is 16.7 Å². The Hall–Kier alpha value is -1.90. The second-order valence-electron chi connectivity index (χ2n) is 6.46. The number of rotatable bonds is 1. The van der Waals surface area contributed by atoms with Crippen molar-refractivity contribution in [1.82, 2.24) is 9.97 Å². The number of nitrogen functional groups attached to an aromatic ring is 1. The van der Waals surface area contributed by atoms with Crippen LogP contribution < -0.4 is 5.73 Å². The van der Waals surface area contributed by atoms with Crippen molar-refractivity contribution in [3.8, 4) is 11.3 Å². The predicted octanol–water partition coefficient (Wildman–Crippen LogP) is 3.95. The summed E-state index contributed by atoms with van der Waals surface area (Å²) < 4.78 is 0. The van der Waals surface area contributed by atoms with Crippen LogP contribution in [0.1, 0.15) is 43.2 Å². The number of hydrogen-bond donors (Lipinski definition) is 1. The summed E-state index contributed by atoms with van der Waals surface area (Å²) in [7, 11) is 0. The van der Waals surface area contributed by atoms with Gasteiger partial charge in [-0.05, 0) is 42.9 Å². The second-order valence-corrected chi connectivity index (χ2v) is 6.46. The SMILES string of the molecule is Cc1cc(C(C)(C)C)cc(C)c1-c1ncnc(C)c1N. The van der Waals surface area contributed by atoms with Crippen LogP contribution in [0.15, 0.2) is 18.5 Å². The first-order valence-corrected chi connectivity index (χ1v) is 6.91. The van der Waals surface area contributed by atoms with E-state index in [0.717, 1.165) is 17.0 Å². The number of anilines is 1. The van der Waals surface area contributed by atoms with Crippen LogP contribution in [0.2, 0.25) is 0 Å². The number of nitrogens with zero attached hydrogens (tertiary/aromatic N) is 2.